The van der Waals surface area contributed by atoms with Crippen LogP contribution < -0.4 is 5.32 Å². The van der Waals surface area contributed by atoms with Gasteiger partial charge in [0.25, 0.3) is 0 Å². The maximum atomic E-state index is 11.9. The molecule has 0 bridgehead atoms. The first-order chi connectivity index (χ1) is 9.87. The van der Waals surface area contributed by atoms with Crippen LogP contribution in [0, 0.1) is 10.8 Å². The van der Waals surface area contributed by atoms with Crippen LogP contribution in [0.15, 0.2) is 5.18 Å². The zero-order valence-electron chi connectivity index (χ0n) is 12.8. The maximum Gasteiger partial charge on any atom is 0.340 e. The SMILES string of the molecule is CCOC(=O)C(NC(=O)C(CC(C)C)N=O)C(=O)OCC. The van der Waals surface area contributed by atoms with Gasteiger partial charge in [-0.25, -0.2) is 9.59 Å². The highest BCUT2D eigenvalue weighted by molar-refractivity contribution is 6.03. The molecule has 8 heteroatoms. The lowest BCUT2D eigenvalue weighted by molar-refractivity contribution is -0.159. The molecule has 0 aliphatic rings. The quantitative estimate of drug-likeness (QED) is 0.383. The number of hydrogen-bond acceptors (Lipinski definition) is 7. The first-order valence-corrected chi connectivity index (χ1v) is 6.83. The zero-order chi connectivity index (χ0) is 16.4. The van der Waals surface area contributed by atoms with E-state index in [1.165, 1.54) is 0 Å². The van der Waals surface area contributed by atoms with Crippen LogP contribution in [0.3, 0.4) is 0 Å². The topological polar surface area (TPSA) is 111 Å². The van der Waals surface area contributed by atoms with Gasteiger partial charge in [-0.1, -0.05) is 19.0 Å². The first kappa shape index (κ1) is 19.0. The van der Waals surface area contributed by atoms with E-state index in [2.05, 4.69) is 10.5 Å². The van der Waals surface area contributed by atoms with Gasteiger partial charge in [-0.3, -0.25) is 4.79 Å². The molecule has 1 N–H and O–H groups in total. The minimum absolute atomic E-state index is 0.0476. The number of carbonyl (C=O) groups is 3. The summed E-state index contributed by atoms with van der Waals surface area (Å²) in [5.74, 6) is -2.61. The van der Waals surface area contributed by atoms with Crippen LogP contribution in [0.1, 0.15) is 34.1 Å². The Morgan fingerprint density at radius 1 is 1.05 bits per heavy atom. The first-order valence-electron chi connectivity index (χ1n) is 6.83. The molecule has 0 saturated heterocycles. The largest absolute Gasteiger partial charge is 0.464 e. The molecular formula is C13H22N2O6. The van der Waals surface area contributed by atoms with Crippen molar-refractivity contribution >= 4 is 17.8 Å². The van der Waals surface area contributed by atoms with Gasteiger partial charge in [0.05, 0.1) is 13.2 Å². The van der Waals surface area contributed by atoms with Gasteiger partial charge in [0.1, 0.15) is 0 Å². The fourth-order valence-corrected chi connectivity index (χ4v) is 1.55. The number of nitrogens with zero attached hydrogens (tertiary/aromatic N) is 1. The van der Waals surface area contributed by atoms with E-state index in [-0.39, 0.29) is 25.6 Å². The molecule has 1 unspecified atom stereocenters. The average Bonchev–Trinajstić information content (AvgIpc) is 2.41. The van der Waals surface area contributed by atoms with Gasteiger partial charge in [0.15, 0.2) is 6.04 Å². The highest BCUT2D eigenvalue weighted by atomic mass is 16.6. The fourth-order valence-electron chi connectivity index (χ4n) is 1.55. The van der Waals surface area contributed by atoms with Crippen molar-refractivity contribution in [1.82, 2.24) is 5.32 Å². The van der Waals surface area contributed by atoms with Crippen molar-refractivity contribution in [3.05, 3.63) is 4.91 Å². The Morgan fingerprint density at radius 2 is 1.52 bits per heavy atom. The molecule has 120 valence electrons. The van der Waals surface area contributed by atoms with Crippen LogP contribution in [-0.4, -0.2) is 43.1 Å². The van der Waals surface area contributed by atoms with Gasteiger partial charge in [-0.15, -0.1) is 4.91 Å². The Bertz CT molecular complexity index is 365. The molecule has 0 spiro atoms. The van der Waals surface area contributed by atoms with Crippen molar-refractivity contribution in [3.8, 4) is 0 Å². The van der Waals surface area contributed by atoms with Crippen LogP contribution in [0.5, 0.6) is 0 Å². The molecule has 0 radical (unpaired) electrons. The summed E-state index contributed by atoms with van der Waals surface area (Å²) in [6.45, 7) is 6.87. The van der Waals surface area contributed by atoms with E-state index in [0.29, 0.717) is 0 Å². The third-order valence-corrected chi connectivity index (χ3v) is 2.46. The molecule has 0 aromatic carbocycles. The summed E-state index contributed by atoms with van der Waals surface area (Å²) in [6, 6.07) is -2.76. The van der Waals surface area contributed by atoms with E-state index in [9.17, 15) is 19.3 Å². The monoisotopic (exact) mass is 302 g/mol. The van der Waals surface area contributed by atoms with E-state index < -0.39 is 29.9 Å². The lowest BCUT2D eigenvalue weighted by atomic mass is 10.0. The summed E-state index contributed by atoms with van der Waals surface area (Å²) in [6.07, 6.45) is 0.216. The smallest absolute Gasteiger partial charge is 0.340 e. The van der Waals surface area contributed by atoms with Crippen molar-refractivity contribution < 1.29 is 23.9 Å². The third kappa shape index (κ3) is 6.82. The highest BCUT2D eigenvalue weighted by Crippen LogP contribution is 2.09. The Balaban J connectivity index is 4.93. The van der Waals surface area contributed by atoms with E-state index >= 15 is 0 Å². The van der Waals surface area contributed by atoms with Crippen molar-refractivity contribution in [2.24, 2.45) is 11.1 Å². The molecule has 8 nitrogen and oxygen atoms in total. The Hall–Kier alpha value is -1.99. The average molecular weight is 302 g/mol. The van der Waals surface area contributed by atoms with Gasteiger partial charge in [-0.2, -0.15) is 0 Å². The molecule has 1 atom stereocenters. The second-order valence-corrected chi connectivity index (χ2v) is 4.70. The number of ether oxygens (including phenoxy) is 2. The van der Waals surface area contributed by atoms with Crippen molar-refractivity contribution in [1.29, 1.82) is 0 Å². The summed E-state index contributed by atoms with van der Waals surface area (Å²) in [7, 11) is 0. The Morgan fingerprint density at radius 3 is 1.86 bits per heavy atom. The zero-order valence-corrected chi connectivity index (χ0v) is 12.8. The molecule has 0 aliphatic heterocycles. The van der Waals surface area contributed by atoms with Crippen molar-refractivity contribution in [2.75, 3.05) is 13.2 Å². The van der Waals surface area contributed by atoms with Crippen LogP contribution >= 0.6 is 0 Å². The second kappa shape index (κ2) is 9.84. The lowest BCUT2D eigenvalue weighted by Crippen LogP contribution is -2.51. The van der Waals surface area contributed by atoms with Crippen LogP contribution in [-0.2, 0) is 23.9 Å². The normalized spacial score (nSPS) is 11.9. The summed E-state index contributed by atoms with van der Waals surface area (Å²) in [5, 5.41) is 4.89. The van der Waals surface area contributed by atoms with Crippen LogP contribution in [0.2, 0.25) is 0 Å². The number of nitroso groups, excluding NO2 is 1. The van der Waals surface area contributed by atoms with Gasteiger partial charge >= 0.3 is 11.9 Å². The molecule has 1 amide bonds. The van der Waals surface area contributed by atoms with Crippen molar-refractivity contribution in [3.63, 3.8) is 0 Å². The maximum absolute atomic E-state index is 11.9. The molecule has 0 saturated carbocycles. The molecule has 0 rings (SSSR count). The number of carbonyl (C=O) groups excluding carboxylic acids is 3. The van der Waals surface area contributed by atoms with E-state index in [0.717, 1.165) is 0 Å². The van der Waals surface area contributed by atoms with Gasteiger partial charge in [0.2, 0.25) is 11.9 Å². The molecule has 0 aromatic heterocycles. The van der Waals surface area contributed by atoms with Crippen LogP contribution in [0.25, 0.3) is 0 Å². The van der Waals surface area contributed by atoms with E-state index in [4.69, 9.17) is 9.47 Å². The van der Waals surface area contributed by atoms with Crippen LogP contribution in [0.4, 0.5) is 0 Å². The van der Waals surface area contributed by atoms with Crippen molar-refractivity contribution in [2.45, 2.75) is 46.2 Å². The van der Waals surface area contributed by atoms with E-state index in [1.807, 2.05) is 13.8 Å². The fraction of sp³-hybridized carbons (Fsp3) is 0.769. The molecule has 0 aromatic rings. The Labute approximate surface area is 123 Å². The Kier molecular flexibility index (Phi) is 8.91. The van der Waals surface area contributed by atoms with E-state index in [1.54, 1.807) is 13.8 Å². The minimum atomic E-state index is -1.59. The molecule has 21 heavy (non-hydrogen) atoms. The second-order valence-electron chi connectivity index (χ2n) is 4.70. The predicted molar refractivity (Wildman–Crippen MR) is 74.2 cm³/mol. The molecule has 0 aliphatic carbocycles. The number of hydrogen-bond donors (Lipinski definition) is 1. The van der Waals surface area contributed by atoms with Gasteiger partial charge in [-0.05, 0) is 26.2 Å². The summed E-state index contributed by atoms with van der Waals surface area (Å²) < 4.78 is 9.41. The molecule has 0 heterocycles. The van der Waals surface area contributed by atoms with Gasteiger partial charge in [0, 0.05) is 0 Å². The molecule has 0 fully saturated rings. The molecular weight excluding hydrogens is 280 g/mol. The number of amides is 1. The third-order valence-electron chi connectivity index (χ3n) is 2.46. The lowest BCUT2D eigenvalue weighted by Gasteiger charge is -2.18. The number of esters is 2. The summed E-state index contributed by atoms with van der Waals surface area (Å²) in [4.78, 5) is 46.0. The summed E-state index contributed by atoms with van der Waals surface area (Å²) in [5.41, 5.74) is 0. The standard InChI is InChI=1S/C13H22N2O6/c1-5-20-12(17)10(13(18)21-6-2)14-11(16)9(15-19)7-8(3)4/h8-10H,5-7H2,1-4H3,(H,14,16). The summed E-state index contributed by atoms with van der Waals surface area (Å²) >= 11 is 0. The number of nitrogens with one attached hydrogen (secondary N) is 1. The number of rotatable bonds is 9. The van der Waals surface area contributed by atoms with Gasteiger partial charge < -0.3 is 14.8 Å². The minimum Gasteiger partial charge on any atom is -0.464 e. The highest BCUT2D eigenvalue weighted by Gasteiger charge is 2.34. The predicted octanol–water partition coefficient (Wildman–Crippen LogP) is 0.778.